The highest BCUT2D eigenvalue weighted by molar-refractivity contribution is 5.94. The van der Waals surface area contributed by atoms with E-state index in [0.717, 1.165) is 24.6 Å². The summed E-state index contributed by atoms with van der Waals surface area (Å²) in [6, 6.07) is 2.00. The predicted octanol–water partition coefficient (Wildman–Crippen LogP) is 2.00. The van der Waals surface area contributed by atoms with E-state index >= 15 is 0 Å². The summed E-state index contributed by atoms with van der Waals surface area (Å²) >= 11 is 0. The van der Waals surface area contributed by atoms with Gasteiger partial charge in [0.25, 0.3) is 5.91 Å². The van der Waals surface area contributed by atoms with Crippen LogP contribution in [0.15, 0.2) is 16.8 Å². The van der Waals surface area contributed by atoms with Crippen LogP contribution in [-0.4, -0.2) is 34.1 Å². The summed E-state index contributed by atoms with van der Waals surface area (Å²) in [6.07, 6.45) is 5.09. The van der Waals surface area contributed by atoms with Gasteiger partial charge in [-0.15, -0.1) is 0 Å². The van der Waals surface area contributed by atoms with E-state index in [0.29, 0.717) is 17.1 Å². The summed E-state index contributed by atoms with van der Waals surface area (Å²) in [5.41, 5.74) is 1.35. The highest BCUT2D eigenvalue weighted by atomic mass is 16.5. The highest BCUT2D eigenvalue weighted by Gasteiger charge is 2.16. The molecule has 1 aliphatic rings. The zero-order valence-corrected chi connectivity index (χ0v) is 13.5. The molecule has 1 aliphatic heterocycles. The number of piperidine rings is 1. The van der Waals surface area contributed by atoms with Crippen LogP contribution in [0.5, 0.6) is 0 Å². The third-order valence-corrected chi connectivity index (χ3v) is 3.97. The molecule has 3 rings (SSSR count). The van der Waals surface area contributed by atoms with Crippen LogP contribution in [0.4, 0.5) is 5.82 Å². The van der Waals surface area contributed by atoms with Crippen molar-refractivity contribution in [3.63, 3.8) is 0 Å². The molecule has 7 heteroatoms. The maximum Gasteiger partial charge on any atom is 0.256 e. The van der Waals surface area contributed by atoms with E-state index in [9.17, 15) is 4.79 Å². The number of carbonyl (C=O) groups is 1. The van der Waals surface area contributed by atoms with Crippen LogP contribution >= 0.6 is 0 Å². The van der Waals surface area contributed by atoms with Crippen LogP contribution in [0.3, 0.4) is 0 Å². The second kappa shape index (κ2) is 6.76. The van der Waals surface area contributed by atoms with Crippen molar-refractivity contribution < 1.29 is 9.32 Å². The molecule has 3 heterocycles. The van der Waals surface area contributed by atoms with E-state index in [1.807, 2.05) is 13.0 Å². The van der Waals surface area contributed by atoms with Crippen molar-refractivity contribution in [2.24, 2.45) is 0 Å². The van der Waals surface area contributed by atoms with E-state index in [2.05, 4.69) is 25.3 Å². The maximum absolute atomic E-state index is 12.1. The molecule has 1 amide bonds. The van der Waals surface area contributed by atoms with Gasteiger partial charge in [0.05, 0.1) is 12.7 Å². The van der Waals surface area contributed by atoms with Crippen molar-refractivity contribution in [2.75, 3.05) is 18.0 Å². The number of aryl methyl sites for hydroxylation is 2. The fourth-order valence-corrected chi connectivity index (χ4v) is 2.75. The number of amides is 1. The number of nitrogens with one attached hydrogen (secondary N) is 1. The third-order valence-electron chi connectivity index (χ3n) is 3.97. The Morgan fingerprint density at radius 1 is 1.26 bits per heavy atom. The summed E-state index contributed by atoms with van der Waals surface area (Å²) < 4.78 is 4.91. The van der Waals surface area contributed by atoms with Gasteiger partial charge in [0.1, 0.15) is 23.0 Å². The van der Waals surface area contributed by atoms with Crippen LogP contribution < -0.4 is 10.2 Å². The average molecular weight is 315 g/mol. The molecule has 2 aromatic heterocycles. The molecule has 122 valence electrons. The zero-order chi connectivity index (χ0) is 16.2. The molecule has 0 atom stereocenters. The number of rotatable bonds is 4. The molecule has 2 aromatic rings. The van der Waals surface area contributed by atoms with Gasteiger partial charge in [-0.05, 0) is 33.1 Å². The quantitative estimate of drug-likeness (QED) is 0.929. The molecule has 1 N–H and O–H groups in total. The van der Waals surface area contributed by atoms with E-state index in [1.54, 1.807) is 6.92 Å². The number of nitrogens with zero attached hydrogens (tertiary/aromatic N) is 4. The molecule has 0 aromatic carbocycles. The zero-order valence-electron chi connectivity index (χ0n) is 13.5. The van der Waals surface area contributed by atoms with Gasteiger partial charge in [-0.1, -0.05) is 5.16 Å². The Kier molecular flexibility index (Phi) is 4.55. The minimum atomic E-state index is -0.228. The van der Waals surface area contributed by atoms with Crippen LogP contribution in [-0.2, 0) is 6.54 Å². The van der Waals surface area contributed by atoms with Crippen molar-refractivity contribution in [3.05, 3.63) is 35.1 Å². The molecule has 0 bridgehead atoms. The number of hydrogen-bond donors (Lipinski definition) is 1. The maximum atomic E-state index is 12.1. The van der Waals surface area contributed by atoms with Gasteiger partial charge in [0, 0.05) is 24.8 Å². The lowest BCUT2D eigenvalue weighted by atomic mass is 10.1. The summed E-state index contributed by atoms with van der Waals surface area (Å²) in [4.78, 5) is 23.4. The molecule has 1 fully saturated rings. The minimum absolute atomic E-state index is 0.228. The Morgan fingerprint density at radius 2 is 2.04 bits per heavy atom. The van der Waals surface area contributed by atoms with E-state index in [1.165, 1.54) is 25.5 Å². The van der Waals surface area contributed by atoms with Gasteiger partial charge in [-0.3, -0.25) is 4.79 Å². The summed E-state index contributed by atoms with van der Waals surface area (Å²) in [6.45, 7) is 6.00. The van der Waals surface area contributed by atoms with Gasteiger partial charge < -0.3 is 14.7 Å². The van der Waals surface area contributed by atoms with Crippen LogP contribution in [0.25, 0.3) is 0 Å². The fourth-order valence-electron chi connectivity index (χ4n) is 2.75. The largest absolute Gasteiger partial charge is 0.361 e. The van der Waals surface area contributed by atoms with Crippen molar-refractivity contribution in [1.29, 1.82) is 0 Å². The Hall–Kier alpha value is -2.44. The minimum Gasteiger partial charge on any atom is -0.361 e. The summed E-state index contributed by atoms with van der Waals surface area (Å²) in [5.74, 6) is 1.84. The van der Waals surface area contributed by atoms with Crippen molar-refractivity contribution in [1.82, 2.24) is 20.4 Å². The molecule has 23 heavy (non-hydrogen) atoms. The van der Waals surface area contributed by atoms with Crippen LogP contribution in [0.2, 0.25) is 0 Å². The van der Waals surface area contributed by atoms with E-state index in [4.69, 9.17) is 4.52 Å². The molecule has 7 nitrogen and oxygen atoms in total. The lowest BCUT2D eigenvalue weighted by Crippen LogP contribution is -2.31. The van der Waals surface area contributed by atoms with E-state index < -0.39 is 0 Å². The number of carbonyl (C=O) groups excluding carboxylic acids is 1. The normalized spacial score (nSPS) is 14.8. The monoisotopic (exact) mass is 315 g/mol. The summed E-state index contributed by atoms with van der Waals surface area (Å²) in [5, 5.41) is 6.43. The van der Waals surface area contributed by atoms with Gasteiger partial charge in [0.15, 0.2) is 0 Å². The smallest absolute Gasteiger partial charge is 0.256 e. The Bertz CT molecular complexity index is 692. The first-order valence-corrected chi connectivity index (χ1v) is 7.92. The lowest BCUT2D eigenvalue weighted by molar-refractivity contribution is 0.0948. The van der Waals surface area contributed by atoms with Gasteiger partial charge in [-0.2, -0.15) is 0 Å². The SMILES string of the molecule is Cc1cc(N2CCCCC2)nc(CNC(=O)c2cnoc2C)n1. The molecule has 0 unspecified atom stereocenters. The Balaban J connectivity index is 1.69. The van der Waals surface area contributed by atoms with Crippen molar-refractivity contribution in [3.8, 4) is 0 Å². The first kappa shape index (κ1) is 15.5. The first-order chi connectivity index (χ1) is 11.1. The van der Waals surface area contributed by atoms with Gasteiger partial charge in [0.2, 0.25) is 0 Å². The van der Waals surface area contributed by atoms with E-state index in [-0.39, 0.29) is 12.5 Å². The molecular formula is C16H21N5O2. The second-order valence-electron chi connectivity index (χ2n) is 5.81. The third kappa shape index (κ3) is 3.67. The standard InChI is InChI=1S/C16H21N5O2/c1-11-8-15(21-6-4-3-5-7-21)20-14(19-11)10-17-16(22)13-9-18-23-12(13)2/h8-9H,3-7,10H2,1-2H3,(H,17,22). The van der Waals surface area contributed by atoms with Crippen molar-refractivity contribution >= 4 is 11.7 Å². The summed E-state index contributed by atoms with van der Waals surface area (Å²) in [7, 11) is 0. The second-order valence-corrected chi connectivity index (χ2v) is 5.81. The first-order valence-electron chi connectivity index (χ1n) is 7.92. The topological polar surface area (TPSA) is 84.2 Å². The van der Waals surface area contributed by atoms with Crippen molar-refractivity contribution in [2.45, 2.75) is 39.7 Å². The molecule has 1 saturated heterocycles. The Labute approximate surface area is 135 Å². The molecule has 0 spiro atoms. The van der Waals surface area contributed by atoms with Crippen LogP contribution in [0, 0.1) is 13.8 Å². The average Bonchev–Trinajstić information content (AvgIpc) is 2.99. The molecule has 0 saturated carbocycles. The molecular weight excluding hydrogens is 294 g/mol. The number of hydrogen-bond acceptors (Lipinski definition) is 6. The fraction of sp³-hybridized carbons (Fsp3) is 0.500. The highest BCUT2D eigenvalue weighted by Crippen LogP contribution is 2.18. The Morgan fingerprint density at radius 3 is 2.74 bits per heavy atom. The molecule has 0 aliphatic carbocycles. The number of anilines is 1. The lowest BCUT2D eigenvalue weighted by Gasteiger charge is -2.28. The molecule has 0 radical (unpaired) electrons. The van der Waals surface area contributed by atoms with Crippen LogP contribution in [0.1, 0.15) is 46.9 Å². The number of aromatic nitrogens is 3. The van der Waals surface area contributed by atoms with Gasteiger partial charge >= 0.3 is 0 Å². The van der Waals surface area contributed by atoms with Gasteiger partial charge in [-0.25, -0.2) is 9.97 Å². The predicted molar refractivity (Wildman–Crippen MR) is 85.2 cm³/mol.